The summed E-state index contributed by atoms with van der Waals surface area (Å²) in [7, 11) is 0. The molecule has 0 aliphatic rings. The predicted molar refractivity (Wildman–Crippen MR) is 54.6 cm³/mol. The van der Waals surface area contributed by atoms with Gasteiger partial charge < -0.3 is 15.5 Å². The van der Waals surface area contributed by atoms with Crippen molar-refractivity contribution in [2.24, 2.45) is 5.92 Å². The summed E-state index contributed by atoms with van der Waals surface area (Å²) in [4.78, 5) is 0. The zero-order valence-electron chi connectivity index (χ0n) is 9.33. The normalized spacial score (nSPS) is 19.6. The summed E-state index contributed by atoms with van der Waals surface area (Å²) < 4.78 is 0. The number of aliphatic hydroxyl groups is 2. The quantitative estimate of drug-likeness (QED) is 0.598. The van der Waals surface area contributed by atoms with Crippen molar-refractivity contribution in [2.45, 2.75) is 52.3 Å². The van der Waals surface area contributed by atoms with Crippen LogP contribution in [0.1, 0.15) is 34.6 Å². The smallest absolute Gasteiger partial charge is 0.0741 e. The zero-order chi connectivity index (χ0) is 10.6. The van der Waals surface area contributed by atoms with Crippen molar-refractivity contribution in [1.29, 1.82) is 0 Å². The van der Waals surface area contributed by atoms with E-state index in [9.17, 15) is 5.11 Å². The van der Waals surface area contributed by atoms with E-state index in [1.54, 1.807) is 13.8 Å². The van der Waals surface area contributed by atoms with Crippen molar-refractivity contribution in [1.82, 2.24) is 5.32 Å². The van der Waals surface area contributed by atoms with Crippen molar-refractivity contribution in [2.75, 3.05) is 6.61 Å². The third-order valence-electron chi connectivity index (χ3n) is 2.71. The molecule has 0 aromatic rings. The Morgan fingerprint density at radius 2 is 1.69 bits per heavy atom. The van der Waals surface area contributed by atoms with Crippen LogP contribution in [0, 0.1) is 5.92 Å². The van der Waals surface area contributed by atoms with Gasteiger partial charge in [0.25, 0.3) is 0 Å². The molecule has 3 atom stereocenters. The number of rotatable bonds is 5. The monoisotopic (exact) mass is 189 g/mol. The molecule has 0 rings (SSSR count). The number of hydrogen-bond acceptors (Lipinski definition) is 3. The molecule has 80 valence electrons. The fourth-order valence-corrected chi connectivity index (χ4v) is 0.921. The van der Waals surface area contributed by atoms with Crippen molar-refractivity contribution in [3.05, 3.63) is 0 Å². The van der Waals surface area contributed by atoms with Crippen LogP contribution in [0.15, 0.2) is 0 Å². The van der Waals surface area contributed by atoms with Gasteiger partial charge in [0.1, 0.15) is 0 Å². The molecule has 0 bridgehead atoms. The van der Waals surface area contributed by atoms with Crippen molar-refractivity contribution >= 4 is 0 Å². The standard InChI is InChI=1S/C10H23NO2/c1-7(6-12)8(2)11-9(3)10(4,5)13/h7-9,11-13H,6H2,1-5H3. The molecule has 0 saturated carbocycles. The molecular formula is C10H23NO2. The molecule has 0 aliphatic heterocycles. The summed E-state index contributed by atoms with van der Waals surface area (Å²) in [6, 6.07) is 0.239. The van der Waals surface area contributed by atoms with Crippen LogP contribution in [0.4, 0.5) is 0 Å². The maximum atomic E-state index is 9.66. The molecule has 0 aromatic heterocycles. The molecule has 3 heteroatoms. The van der Waals surface area contributed by atoms with Crippen LogP contribution < -0.4 is 5.32 Å². The lowest BCUT2D eigenvalue weighted by Crippen LogP contribution is -2.50. The third kappa shape index (κ3) is 4.60. The van der Waals surface area contributed by atoms with Gasteiger partial charge in [-0.1, -0.05) is 6.92 Å². The van der Waals surface area contributed by atoms with Gasteiger partial charge in [0.15, 0.2) is 0 Å². The molecule has 0 amide bonds. The molecule has 3 nitrogen and oxygen atoms in total. The van der Waals surface area contributed by atoms with Crippen molar-refractivity contribution in [3.63, 3.8) is 0 Å². The van der Waals surface area contributed by atoms with Gasteiger partial charge >= 0.3 is 0 Å². The first kappa shape index (κ1) is 12.9. The highest BCUT2D eigenvalue weighted by molar-refractivity contribution is 4.83. The molecular weight excluding hydrogens is 166 g/mol. The molecule has 13 heavy (non-hydrogen) atoms. The molecule has 0 radical (unpaired) electrons. The first-order valence-corrected chi connectivity index (χ1v) is 4.88. The Bertz CT molecular complexity index is 142. The summed E-state index contributed by atoms with van der Waals surface area (Å²) >= 11 is 0. The van der Waals surface area contributed by atoms with E-state index in [1.807, 2.05) is 20.8 Å². The Morgan fingerprint density at radius 3 is 2.00 bits per heavy atom. The van der Waals surface area contributed by atoms with Crippen LogP contribution in [0.5, 0.6) is 0 Å². The first-order valence-electron chi connectivity index (χ1n) is 4.88. The molecule has 0 fully saturated rings. The van der Waals surface area contributed by atoms with Crippen LogP contribution in [0.25, 0.3) is 0 Å². The van der Waals surface area contributed by atoms with E-state index >= 15 is 0 Å². The molecule has 0 saturated heterocycles. The third-order valence-corrected chi connectivity index (χ3v) is 2.71. The van der Waals surface area contributed by atoms with Gasteiger partial charge in [-0.15, -0.1) is 0 Å². The lowest BCUT2D eigenvalue weighted by atomic mass is 9.97. The highest BCUT2D eigenvalue weighted by Crippen LogP contribution is 2.10. The summed E-state index contributed by atoms with van der Waals surface area (Å²) in [5.74, 6) is 0.213. The maximum Gasteiger partial charge on any atom is 0.0741 e. The number of aliphatic hydroxyl groups excluding tert-OH is 1. The minimum absolute atomic E-state index is 0.0245. The Hall–Kier alpha value is -0.120. The number of hydrogen-bond donors (Lipinski definition) is 3. The van der Waals surface area contributed by atoms with Crippen LogP contribution in [-0.4, -0.2) is 34.5 Å². The van der Waals surface area contributed by atoms with E-state index < -0.39 is 5.60 Å². The van der Waals surface area contributed by atoms with E-state index in [4.69, 9.17) is 5.11 Å². The van der Waals surface area contributed by atoms with Gasteiger partial charge in [-0.25, -0.2) is 0 Å². The SMILES string of the molecule is CC(CO)C(C)NC(C)C(C)(C)O. The molecule has 3 N–H and O–H groups in total. The van der Waals surface area contributed by atoms with Crippen LogP contribution >= 0.6 is 0 Å². The minimum atomic E-state index is -0.719. The van der Waals surface area contributed by atoms with Gasteiger partial charge in [0, 0.05) is 18.7 Å². The maximum absolute atomic E-state index is 9.66. The number of nitrogens with one attached hydrogen (secondary N) is 1. The summed E-state index contributed by atoms with van der Waals surface area (Å²) in [5.41, 5.74) is -0.719. The summed E-state index contributed by atoms with van der Waals surface area (Å²) in [6.45, 7) is 9.67. The van der Waals surface area contributed by atoms with E-state index in [2.05, 4.69) is 5.32 Å². The van der Waals surface area contributed by atoms with Gasteiger partial charge in [-0.2, -0.15) is 0 Å². The van der Waals surface area contributed by atoms with Gasteiger partial charge in [-0.3, -0.25) is 0 Å². The van der Waals surface area contributed by atoms with E-state index in [0.29, 0.717) is 0 Å². The largest absolute Gasteiger partial charge is 0.396 e. The molecule has 0 spiro atoms. The second-order valence-corrected chi connectivity index (χ2v) is 4.49. The lowest BCUT2D eigenvalue weighted by molar-refractivity contribution is 0.0358. The van der Waals surface area contributed by atoms with Crippen LogP contribution in [0.2, 0.25) is 0 Å². The van der Waals surface area contributed by atoms with Gasteiger partial charge in [0.05, 0.1) is 5.60 Å². The fraction of sp³-hybridized carbons (Fsp3) is 1.00. The van der Waals surface area contributed by atoms with Gasteiger partial charge in [0.2, 0.25) is 0 Å². The fourth-order valence-electron chi connectivity index (χ4n) is 0.921. The Balaban J connectivity index is 3.98. The average molecular weight is 189 g/mol. The van der Waals surface area contributed by atoms with E-state index in [-0.39, 0.29) is 24.6 Å². The topological polar surface area (TPSA) is 52.5 Å². The zero-order valence-corrected chi connectivity index (χ0v) is 9.33. The van der Waals surface area contributed by atoms with E-state index in [0.717, 1.165) is 0 Å². The minimum Gasteiger partial charge on any atom is -0.396 e. The van der Waals surface area contributed by atoms with Crippen molar-refractivity contribution in [3.8, 4) is 0 Å². The van der Waals surface area contributed by atoms with Crippen LogP contribution in [-0.2, 0) is 0 Å². The molecule has 0 aliphatic carbocycles. The molecule has 3 unspecified atom stereocenters. The average Bonchev–Trinajstić information content (AvgIpc) is 2.01. The van der Waals surface area contributed by atoms with Crippen LogP contribution in [0.3, 0.4) is 0 Å². The van der Waals surface area contributed by atoms with Gasteiger partial charge in [-0.05, 0) is 33.6 Å². The predicted octanol–water partition coefficient (Wildman–Crippen LogP) is 0.752. The lowest BCUT2D eigenvalue weighted by Gasteiger charge is -2.31. The van der Waals surface area contributed by atoms with E-state index in [1.165, 1.54) is 0 Å². The second kappa shape index (κ2) is 4.94. The van der Waals surface area contributed by atoms with Crippen molar-refractivity contribution < 1.29 is 10.2 Å². The second-order valence-electron chi connectivity index (χ2n) is 4.49. The highest BCUT2D eigenvalue weighted by Gasteiger charge is 2.24. The summed E-state index contributed by atoms with van der Waals surface area (Å²) in [5, 5.41) is 21.8. The summed E-state index contributed by atoms with van der Waals surface area (Å²) in [6.07, 6.45) is 0. The Morgan fingerprint density at radius 1 is 1.23 bits per heavy atom. The Labute approximate surface area is 81.2 Å². The highest BCUT2D eigenvalue weighted by atomic mass is 16.3. The molecule has 0 aromatic carbocycles. The first-order chi connectivity index (χ1) is 5.79. The molecule has 0 heterocycles. The Kier molecular flexibility index (Phi) is 4.89.